The molecule has 0 spiro atoms. The van der Waals surface area contributed by atoms with Crippen molar-refractivity contribution in [2.45, 2.75) is 6.92 Å². The van der Waals surface area contributed by atoms with E-state index in [1.807, 2.05) is 0 Å². The number of allylic oxidation sites excluding steroid dienone is 1. The van der Waals surface area contributed by atoms with Gasteiger partial charge in [-0.05, 0) is 43.3 Å². The second-order valence-corrected chi connectivity index (χ2v) is 4.09. The number of carbonyl (C=O) groups excluding carboxylic acids is 2. The zero-order chi connectivity index (χ0) is 14.4. The van der Waals surface area contributed by atoms with E-state index >= 15 is 0 Å². The fraction of sp³-hybridized carbons (Fsp3) is 0.0588. The predicted molar refractivity (Wildman–Crippen MR) is 77.4 cm³/mol. The summed E-state index contributed by atoms with van der Waals surface area (Å²) in [5, 5.41) is 2.70. The Morgan fingerprint density at radius 3 is 2.65 bits per heavy atom. The molecule has 0 fully saturated rings. The largest absolute Gasteiger partial charge is 0.322 e. The molecule has 2 aromatic rings. The summed E-state index contributed by atoms with van der Waals surface area (Å²) in [6, 6.07) is 17.3. The van der Waals surface area contributed by atoms with E-state index in [0.717, 1.165) is 0 Å². The average Bonchev–Trinajstić information content (AvgIpc) is 2.48. The molecule has 0 unspecified atom stereocenters. The number of amides is 1. The van der Waals surface area contributed by atoms with Crippen LogP contribution in [0.1, 0.15) is 22.8 Å². The van der Waals surface area contributed by atoms with Crippen LogP contribution in [0.15, 0.2) is 54.6 Å². The minimum Gasteiger partial charge on any atom is -0.322 e. The number of hydrogen-bond donors (Lipinski definition) is 1. The van der Waals surface area contributed by atoms with Crippen LogP contribution in [0.25, 0.3) is 0 Å². The second kappa shape index (κ2) is 6.35. The maximum Gasteiger partial charge on any atom is 0.248 e. The molecule has 1 N–H and O–H groups in total. The lowest BCUT2D eigenvalue weighted by molar-refractivity contribution is -0.111. The van der Waals surface area contributed by atoms with Crippen LogP contribution in [-0.4, -0.2) is 11.7 Å². The van der Waals surface area contributed by atoms with Gasteiger partial charge in [-0.25, -0.2) is 0 Å². The summed E-state index contributed by atoms with van der Waals surface area (Å²) in [4.78, 5) is 24.0. The van der Waals surface area contributed by atoms with Crippen molar-refractivity contribution in [3.05, 3.63) is 77.9 Å². The number of ketones is 1. The molecule has 0 radical (unpaired) electrons. The van der Waals surface area contributed by atoms with Gasteiger partial charge in [0.15, 0.2) is 5.78 Å². The fourth-order valence-electron chi connectivity index (χ4n) is 1.76. The van der Waals surface area contributed by atoms with Crippen LogP contribution in [0.4, 0.5) is 5.69 Å². The Kier molecular flexibility index (Phi) is 4.31. The monoisotopic (exact) mass is 263 g/mol. The Hall–Kier alpha value is -2.86. The van der Waals surface area contributed by atoms with Crippen molar-refractivity contribution in [2.75, 3.05) is 5.32 Å². The SMILES string of the molecule is C/C=C/C(=O)Nc1ccccc1C(=O)c1cc#ccc1. The number of anilines is 1. The molecular weight excluding hydrogens is 250 g/mol. The van der Waals surface area contributed by atoms with Gasteiger partial charge in [0, 0.05) is 11.1 Å². The molecule has 1 amide bonds. The normalized spacial score (nSPS) is 10.1. The third kappa shape index (κ3) is 3.12. The molecule has 3 heteroatoms. The third-order valence-electron chi connectivity index (χ3n) is 2.67. The zero-order valence-corrected chi connectivity index (χ0v) is 11.0. The van der Waals surface area contributed by atoms with Crippen molar-refractivity contribution < 1.29 is 9.59 Å². The number of carbonyl (C=O) groups is 2. The summed E-state index contributed by atoms with van der Waals surface area (Å²) in [5.41, 5.74) is 1.45. The molecule has 2 aromatic carbocycles. The van der Waals surface area contributed by atoms with Gasteiger partial charge in [-0.1, -0.05) is 30.3 Å². The first-order chi connectivity index (χ1) is 9.72. The molecule has 0 heterocycles. The van der Waals surface area contributed by atoms with Gasteiger partial charge in [0.25, 0.3) is 0 Å². The van der Waals surface area contributed by atoms with Crippen LogP contribution < -0.4 is 5.32 Å². The van der Waals surface area contributed by atoms with E-state index < -0.39 is 0 Å². The van der Waals surface area contributed by atoms with Gasteiger partial charge >= 0.3 is 0 Å². The number of rotatable bonds is 4. The Morgan fingerprint density at radius 1 is 1.15 bits per heavy atom. The van der Waals surface area contributed by atoms with E-state index in [1.165, 1.54) is 6.08 Å². The van der Waals surface area contributed by atoms with Gasteiger partial charge in [-0.15, -0.1) is 0 Å². The first-order valence-electron chi connectivity index (χ1n) is 6.17. The lowest BCUT2D eigenvalue weighted by Gasteiger charge is -2.08. The maximum absolute atomic E-state index is 12.4. The quantitative estimate of drug-likeness (QED) is 0.680. The molecule has 3 nitrogen and oxygen atoms in total. The minimum absolute atomic E-state index is 0.161. The molecule has 0 bridgehead atoms. The molecule has 0 aliphatic carbocycles. The van der Waals surface area contributed by atoms with Gasteiger partial charge in [-0.3, -0.25) is 9.59 Å². The number of para-hydroxylation sites is 1. The molecular formula is C17H13NO2. The molecule has 98 valence electrons. The molecule has 0 atom stereocenters. The Morgan fingerprint density at radius 2 is 1.95 bits per heavy atom. The van der Waals surface area contributed by atoms with Crippen molar-refractivity contribution in [2.24, 2.45) is 0 Å². The predicted octanol–water partition coefficient (Wildman–Crippen LogP) is 3.03. The molecule has 0 saturated carbocycles. The van der Waals surface area contributed by atoms with Gasteiger partial charge in [-0.2, -0.15) is 0 Å². The Labute approximate surface area is 117 Å². The maximum atomic E-state index is 12.4. The Balaban J connectivity index is 2.33. The highest BCUT2D eigenvalue weighted by Gasteiger charge is 2.13. The first-order valence-corrected chi connectivity index (χ1v) is 6.17. The van der Waals surface area contributed by atoms with Gasteiger partial charge in [0.05, 0.1) is 5.69 Å². The van der Waals surface area contributed by atoms with Crippen LogP contribution in [0.5, 0.6) is 0 Å². The average molecular weight is 263 g/mol. The van der Waals surface area contributed by atoms with Crippen molar-refractivity contribution in [3.8, 4) is 0 Å². The number of benzene rings is 1. The van der Waals surface area contributed by atoms with E-state index in [2.05, 4.69) is 17.4 Å². The van der Waals surface area contributed by atoms with Crippen molar-refractivity contribution in [1.82, 2.24) is 0 Å². The smallest absolute Gasteiger partial charge is 0.248 e. The van der Waals surface area contributed by atoms with E-state index in [-0.39, 0.29) is 11.7 Å². The topological polar surface area (TPSA) is 46.2 Å². The molecule has 0 aromatic heterocycles. The van der Waals surface area contributed by atoms with Crippen LogP contribution in [-0.2, 0) is 4.79 Å². The first kappa shape index (κ1) is 13.6. The van der Waals surface area contributed by atoms with Gasteiger partial charge in [0.2, 0.25) is 5.91 Å². The van der Waals surface area contributed by atoms with Crippen LogP contribution in [0.3, 0.4) is 0 Å². The third-order valence-corrected chi connectivity index (χ3v) is 2.67. The van der Waals surface area contributed by atoms with E-state index in [4.69, 9.17) is 0 Å². The molecule has 2 rings (SSSR count). The number of hydrogen-bond acceptors (Lipinski definition) is 2. The van der Waals surface area contributed by atoms with Crippen LogP contribution in [0.2, 0.25) is 0 Å². The lowest BCUT2D eigenvalue weighted by Crippen LogP contribution is -2.12. The summed E-state index contributed by atoms with van der Waals surface area (Å²) in [5.74, 6) is -0.424. The zero-order valence-electron chi connectivity index (χ0n) is 11.0. The van der Waals surface area contributed by atoms with E-state index in [0.29, 0.717) is 16.8 Å². The van der Waals surface area contributed by atoms with Gasteiger partial charge in [0.1, 0.15) is 0 Å². The lowest BCUT2D eigenvalue weighted by atomic mass is 10.0. The second-order valence-electron chi connectivity index (χ2n) is 4.09. The highest BCUT2D eigenvalue weighted by atomic mass is 16.1. The van der Waals surface area contributed by atoms with E-state index in [1.54, 1.807) is 55.5 Å². The Bertz CT molecular complexity index is 645. The molecule has 0 saturated heterocycles. The standard InChI is InChI=1S/C17H13NO2/c1-2-8-16(19)18-15-12-7-6-11-14(15)17(20)13-9-4-3-5-10-13/h2,4,6-12H,1H3,(H,18,19)/b8-2+. The summed E-state index contributed by atoms with van der Waals surface area (Å²) < 4.78 is 0. The summed E-state index contributed by atoms with van der Waals surface area (Å²) in [7, 11) is 0. The number of nitrogens with one attached hydrogen (secondary N) is 1. The highest BCUT2D eigenvalue weighted by molar-refractivity contribution is 6.14. The van der Waals surface area contributed by atoms with Crippen molar-refractivity contribution >= 4 is 17.4 Å². The van der Waals surface area contributed by atoms with Crippen molar-refractivity contribution in [3.63, 3.8) is 0 Å². The van der Waals surface area contributed by atoms with Crippen LogP contribution >= 0.6 is 0 Å². The summed E-state index contributed by atoms with van der Waals surface area (Å²) in [6.07, 6.45) is 3.05. The minimum atomic E-state index is -0.263. The van der Waals surface area contributed by atoms with Crippen molar-refractivity contribution in [1.29, 1.82) is 0 Å². The summed E-state index contributed by atoms with van der Waals surface area (Å²) >= 11 is 0. The molecule has 0 aliphatic rings. The highest BCUT2D eigenvalue weighted by Crippen LogP contribution is 2.18. The molecule has 20 heavy (non-hydrogen) atoms. The van der Waals surface area contributed by atoms with E-state index in [9.17, 15) is 9.59 Å². The summed E-state index contributed by atoms with van der Waals surface area (Å²) in [6.45, 7) is 1.76. The fourth-order valence-corrected chi connectivity index (χ4v) is 1.76. The molecule has 0 aliphatic heterocycles. The van der Waals surface area contributed by atoms with Crippen LogP contribution in [0, 0.1) is 12.1 Å². The van der Waals surface area contributed by atoms with Gasteiger partial charge < -0.3 is 5.32 Å².